The third-order valence-corrected chi connectivity index (χ3v) is 3.58. The number of hydrogen-bond donors (Lipinski definition) is 1. The standard InChI is InChI=1S/C13H21BrN2/c1-10(2)6-4-5-8-15-13-12(14)11(3)7-9-16-13/h7,9-10H,4-6,8H2,1-3H3,(H,15,16). The van der Waals surface area contributed by atoms with Gasteiger partial charge in [-0.15, -0.1) is 0 Å². The van der Waals surface area contributed by atoms with Crippen LogP contribution in [-0.2, 0) is 0 Å². The normalized spacial score (nSPS) is 10.8. The number of halogens is 1. The van der Waals surface area contributed by atoms with Crippen molar-refractivity contribution in [2.24, 2.45) is 5.92 Å². The van der Waals surface area contributed by atoms with Crippen LogP contribution in [0.15, 0.2) is 16.7 Å². The maximum Gasteiger partial charge on any atom is 0.140 e. The Morgan fingerprint density at radius 1 is 1.38 bits per heavy atom. The summed E-state index contributed by atoms with van der Waals surface area (Å²) in [6.07, 6.45) is 5.65. The molecule has 0 saturated heterocycles. The van der Waals surface area contributed by atoms with Gasteiger partial charge in [0.05, 0.1) is 4.47 Å². The summed E-state index contributed by atoms with van der Waals surface area (Å²) in [6, 6.07) is 2.01. The van der Waals surface area contributed by atoms with E-state index in [4.69, 9.17) is 0 Å². The first-order valence-electron chi connectivity index (χ1n) is 5.96. The van der Waals surface area contributed by atoms with Gasteiger partial charge in [0.1, 0.15) is 5.82 Å². The Bertz CT molecular complexity index is 324. The molecular formula is C13H21BrN2. The highest BCUT2D eigenvalue weighted by atomic mass is 79.9. The quantitative estimate of drug-likeness (QED) is 0.784. The van der Waals surface area contributed by atoms with E-state index < -0.39 is 0 Å². The second-order valence-electron chi connectivity index (χ2n) is 4.61. The van der Waals surface area contributed by atoms with E-state index in [0.29, 0.717) is 0 Å². The maximum absolute atomic E-state index is 4.31. The molecule has 0 aliphatic rings. The first kappa shape index (κ1) is 13.5. The molecular weight excluding hydrogens is 264 g/mol. The number of anilines is 1. The average Bonchev–Trinajstić information content (AvgIpc) is 2.23. The number of nitrogens with zero attached hydrogens (tertiary/aromatic N) is 1. The zero-order valence-corrected chi connectivity index (χ0v) is 12.0. The summed E-state index contributed by atoms with van der Waals surface area (Å²) in [5.74, 6) is 1.77. The number of aromatic nitrogens is 1. The van der Waals surface area contributed by atoms with Gasteiger partial charge in [-0.3, -0.25) is 0 Å². The molecule has 1 rings (SSSR count). The molecule has 16 heavy (non-hydrogen) atoms. The molecule has 0 amide bonds. The number of pyridine rings is 1. The molecule has 1 aromatic heterocycles. The van der Waals surface area contributed by atoms with Crippen LogP contribution in [0.5, 0.6) is 0 Å². The largest absolute Gasteiger partial charge is 0.369 e. The summed E-state index contributed by atoms with van der Waals surface area (Å²) < 4.78 is 1.08. The molecule has 0 aliphatic heterocycles. The molecule has 2 nitrogen and oxygen atoms in total. The van der Waals surface area contributed by atoms with Crippen molar-refractivity contribution in [1.29, 1.82) is 0 Å². The van der Waals surface area contributed by atoms with Crippen molar-refractivity contribution in [2.45, 2.75) is 40.0 Å². The summed E-state index contributed by atoms with van der Waals surface area (Å²) >= 11 is 3.55. The maximum atomic E-state index is 4.31. The fourth-order valence-electron chi connectivity index (χ4n) is 1.55. The van der Waals surface area contributed by atoms with Crippen LogP contribution in [0.25, 0.3) is 0 Å². The van der Waals surface area contributed by atoms with Crippen molar-refractivity contribution in [3.8, 4) is 0 Å². The van der Waals surface area contributed by atoms with Crippen molar-refractivity contribution >= 4 is 21.7 Å². The SMILES string of the molecule is Cc1ccnc(NCCCCC(C)C)c1Br. The van der Waals surface area contributed by atoms with Crippen LogP contribution in [0.1, 0.15) is 38.7 Å². The van der Waals surface area contributed by atoms with Gasteiger partial charge in [0.2, 0.25) is 0 Å². The fraction of sp³-hybridized carbons (Fsp3) is 0.615. The van der Waals surface area contributed by atoms with E-state index in [0.717, 1.165) is 22.8 Å². The molecule has 0 radical (unpaired) electrons. The Hall–Kier alpha value is -0.570. The van der Waals surface area contributed by atoms with E-state index in [1.54, 1.807) is 0 Å². The number of unbranched alkanes of at least 4 members (excludes halogenated alkanes) is 1. The van der Waals surface area contributed by atoms with Crippen LogP contribution >= 0.6 is 15.9 Å². The molecule has 1 heterocycles. The lowest BCUT2D eigenvalue weighted by Gasteiger charge is -2.09. The van der Waals surface area contributed by atoms with Gasteiger partial charge in [0.15, 0.2) is 0 Å². The number of nitrogens with one attached hydrogen (secondary N) is 1. The van der Waals surface area contributed by atoms with Crippen LogP contribution in [0, 0.1) is 12.8 Å². The second-order valence-corrected chi connectivity index (χ2v) is 5.40. The van der Waals surface area contributed by atoms with Gasteiger partial charge in [0.25, 0.3) is 0 Å². The minimum absolute atomic E-state index is 0.809. The van der Waals surface area contributed by atoms with Gasteiger partial charge >= 0.3 is 0 Å². The van der Waals surface area contributed by atoms with Crippen LogP contribution in [0.2, 0.25) is 0 Å². The Labute approximate surface area is 107 Å². The summed E-state index contributed by atoms with van der Waals surface area (Å²) in [7, 11) is 0. The van der Waals surface area contributed by atoms with Crippen molar-refractivity contribution in [1.82, 2.24) is 4.98 Å². The van der Waals surface area contributed by atoms with Gasteiger partial charge < -0.3 is 5.32 Å². The predicted molar refractivity (Wildman–Crippen MR) is 73.9 cm³/mol. The highest BCUT2D eigenvalue weighted by molar-refractivity contribution is 9.10. The summed E-state index contributed by atoms with van der Waals surface area (Å²) in [5, 5.41) is 3.37. The Morgan fingerprint density at radius 2 is 2.12 bits per heavy atom. The molecule has 1 N–H and O–H groups in total. The van der Waals surface area contributed by atoms with E-state index in [9.17, 15) is 0 Å². The lowest BCUT2D eigenvalue weighted by atomic mass is 10.1. The third-order valence-electron chi connectivity index (χ3n) is 2.58. The minimum Gasteiger partial charge on any atom is -0.369 e. The van der Waals surface area contributed by atoms with Crippen LogP contribution in [0.4, 0.5) is 5.82 Å². The first-order chi connectivity index (χ1) is 7.61. The molecule has 0 unspecified atom stereocenters. The van der Waals surface area contributed by atoms with E-state index in [1.165, 1.54) is 24.8 Å². The third kappa shape index (κ3) is 4.52. The Balaban J connectivity index is 2.29. The van der Waals surface area contributed by atoms with E-state index in [2.05, 4.69) is 47.0 Å². The van der Waals surface area contributed by atoms with E-state index in [1.807, 2.05) is 12.3 Å². The molecule has 0 aliphatic carbocycles. The summed E-state index contributed by atoms with van der Waals surface area (Å²) in [5.41, 5.74) is 1.22. The number of rotatable bonds is 6. The van der Waals surface area contributed by atoms with Gasteiger partial charge in [-0.1, -0.05) is 26.7 Å². The molecule has 0 spiro atoms. The van der Waals surface area contributed by atoms with Crippen LogP contribution in [0.3, 0.4) is 0 Å². The van der Waals surface area contributed by atoms with Gasteiger partial charge in [-0.2, -0.15) is 0 Å². The van der Waals surface area contributed by atoms with Crippen LogP contribution < -0.4 is 5.32 Å². The van der Waals surface area contributed by atoms with E-state index in [-0.39, 0.29) is 0 Å². The monoisotopic (exact) mass is 284 g/mol. The van der Waals surface area contributed by atoms with Crippen molar-refractivity contribution in [2.75, 3.05) is 11.9 Å². The highest BCUT2D eigenvalue weighted by Crippen LogP contribution is 2.23. The number of hydrogen-bond acceptors (Lipinski definition) is 2. The first-order valence-corrected chi connectivity index (χ1v) is 6.75. The fourth-order valence-corrected chi connectivity index (χ4v) is 1.92. The molecule has 0 atom stereocenters. The van der Waals surface area contributed by atoms with Crippen LogP contribution in [-0.4, -0.2) is 11.5 Å². The van der Waals surface area contributed by atoms with Crippen molar-refractivity contribution < 1.29 is 0 Å². The average molecular weight is 285 g/mol. The highest BCUT2D eigenvalue weighted by Gasteiger charge is 2.02. The van der Waals surface area contributed by atoms with Gasteiger partial charge in [0, 0.05) is 12.7 Å². The zero-order valence-electron chi connectivity index (χ0n) is 10.4. The Morgan fingerprint density at radius 3 is 2.81 bits per heavy atom. The topological polar surface area (TPSA) is 24.9 Å². The molecule has 1 aromatic rings. The van der Waals surface area contributed by atoms with Gasteiger partial charge in [-0.05, 0) is 46.8 Å². The summed E-state index contributed by atoms with van der Waals surface area (Å²) in [6.45, 7) is 7.62. The smallest absolute Gasteiger partial charge is 0.140 e. The second kappa shape index (κ2) is 6.89. The zero-order chi connectivity index (χ0) is 12.0. The van der Waals surface area contributed by atoms with Crippen molar-refractivity contribution in [3.05, 3.63) is 22.3 Å². The number of aryl methyl sites for hydroxylation is 1. The summed E-state index contributed by atoms with van der Waals surface area (Å²) in [4.78, 5) is 4.31. The molecule has 0 saturated carbocycles. The molecule has 0 bridgehead atoms. The lowest BCUT2D eigenvalue weighted by Crippen LogP contribution is -2.04. The predicted octanol–water partition coefficient (Wildman–Crippen LogP) is 4.39. The van der Waals surface area contributed by atoms with E-state index >= 15 is 0 Å². The molecule has 0 fully saturated rings. The lowest BCUT2D eigenvalue weighted by molar-refractivity contribution is 0.544. The molecule has 3 heteroatoms. The Kier molecular flexibility index (Phi) is 5.81. The molecule has 0 aromatic carbocycles. The minimum atomic E-state index is 0.809. The molecule has 90 valence electrons. The van der Waals surface area contributed by atoms with Crippen molar-refractivity contribution in [3.63, 3.8) is 0 Å². The van der Waals surface area contributed by atoms with Gasteiger partial charge in [-0.25, -0.2) is 4.98 Å².